The molecule has 0 atom stereocenters. The number of rotatable bonds is 6. The Balaban J connectivity index is 1.51. The topological polar surface area (TPSA) is 107 Å². The third-order valence-corrected chi connectivity index (χ3v) is 5.45. The van der Waals surface area contributed by atoms with E-state index in [9.17, 15) is 14.4 Å². The van der Waals surface area contributed by atoms with E-state index in [0.29, 0.717) is 38.3 Å². The van der Waals surface area contributed by atoms with Gasteiger partial charge in [-0.15, -0.1) is 10.2 Å². The Morgan fingerprint density at radius 2 is 1.65 bits per heavy atom. The molecular weight excluding hydrogens is 422 g/mol. The maximum Gasteiger partial charge on any atom is 0.409 e. The van der Waals surface area contributed by atoms with Crippen molar-refractivity contribution in [3.8, 4) is 5.69 Å². The lowest BCUT2D eigenvalue weighted by Crippen LogP contribution is -2.51. The molecule has 3 rings (SSSR count). The summed E-state index contributed by atoms with van der Waals surface area (Å²) in [6.45, 7) is 5.10. The maximum atomic E-state index is 12.3. The van der Waals surface area contributed by atoms with Crippen LogP contribution in [-0.2, 0) is 14.3 Å². The van der Waals surface area contributed by atoms with Crippen molar-refractivity contribution in [1.82, 2.24) is 24.6 Å². The molecule has 0 bridgehead atoms. The van der Waals surface area contributed by atoms with E-state index in [4.69, 9.17) is 9.47 Å². The van der Waals surface area contributed by atoms with E-state index in [1.54, 1.807) is 41.0 Å². The second-order valence-electron chi connectivity index (χ2n) is 6.76. The summed E-state index contributed by atoms with van der Waals surface area (Å²) in [5.74, 6) is -0.123. The summed E-state index contributed by atoms with van der Waals surface area (Å²) in [4.78, 5) is 39.5. The number of amides is 2. The van der Waals surface area contributed by atoms with Gasteiger partial charge in [0.05, 0.1) is 12.2 Å². The van der Waals surface area contributed by atoms with Crippen LogP contribution in [0, 0.1) is 6.92 Å². The number of ether oxygens (including phenoxy) is 2. The fourth-order valence-corrected chi connectivity index (χ4v) is 3.72. The summed E-state index contributed by atoms with van der Waals surface area (Å²) in [6.07, 6.45) is 1.54. The van der Waals surface area contributed by atoms with Crippen LogP contribution in [0.5, 0.6) is 0 Å². The van der Waals surface area contributed by atoms with Gasteiger partial charge in [0, 0.05) is 31.9 Å². The zero-order chi connectivity index (χ0) is 22.4. The summed E-state index contributed by atoms with van der Waals surface area (Å²) in [5, 5.41) is 8.92. The SMILES string of the molecule is CCOC(=O)N1CCN(C(=O)COC(=O)c2ccc(-n3c(C)nnc3SC)cc2)CC1. The molecule has 2 aromatic rings. The Bertz CT molecular complexity index is 938. The van der Waals surface area contributed by atoms with Crippen molar-refractivity contribution in [3.63, 3.8) is 0 Å². The Labute approximate surface area is 184 Å². The molecule has 0 saturated carbocycles. The largest absolute Gasteiger partial charge is 0.452 e. The second-order valence-corrected chi connectivity index (χ2v) is 7.53. The van der Waals surface area contributed by atoms with Crippen molar-refractivity contribution in [2.24, 2.45) is 0 Å². The van der Waals surface area contributed by atoms with Crippen LogP contribution in [-0.4, -0.2) is 88.2 Å². The normalized spacial score (nSPS) is 13.8. The second kappa shape index (κ2) is 10.3. The monoisotopic (exact) mass is 447 g/mol. The molecule has 10 nitrogen and oxygen atoms in total. The first kappa shape index (κ1) is 22.6. The summed E-state index contributed by atoms with van der Waals surface area (Å²) < 4.78 is 12.0. The first-order chi connectivity index (χ1) is 14.9. The van der Waals surface area contributed by atoms with Crippen molar-refractivity contribution in [2.45, 2.75) is 19.0 Å². The van der Waals surface area contributed by atoms with Gasteiger partial charge in [0.25, 0.3) is 5.91 Å². The van der Waals surface area contributed by atoms with Gasteiger partial charge in [0.2, 0.25) is 0 Å². The predicted octanol–water partition coefficient (Wildman–Crippen LogP) is 1.76. The molecule has 0 unspecified atom stereocenters. The number of hydrogen-bond acceptors (Lipinski definition) is 8. The van der Waals surface area contributed by atoms with Gasteiger partial charge in [-0.2, -0.15) is 0 Å². The standard InChI is InChI=1S/C20H25N5O5S/c1-4-29-20(28)24-11-9-23(10-12-24)17(26)13-30-18(27)15-5-7-16(8-6-15)25-14(2)21-22-19(25)31-3/h5-8H,4,9-13H2,1-3H3. The van der Waals surface area contributed by atoms with E-state index in [1.807, 2.05) is 17.7 Å². The van der Waals surface area contributed by atoms with Gasteiger partial charge in [-0.1, -0.05) is 11.8 Å². The van der Waals surface area contributed by atoms with Gasteiger partial charge >= 0.3 is 12.1 Å². The van der Waals surface area contributed by atoms with Crippen LogP contribution in [0.3, 0.4) is 0 Å². The third-order valence-electron chi connectivity index (χ3n) is 4.82. The Morgan fingerprint density at radius 1 is 1.00 bits per heavy atom. The van der Waals surface area contributed by atoms with Crippen LogP contribution in [0.25, 0.3) is 5.69 Å². The smallest absolute Gasteiger partial charge is 0.409 e. The molecule has 166 valence electrons. The van der Waals surface area contributed by atoms with E-state index in [2.05, 4.69) is 10.2 Å². The zero-order valence-electron chi connectivity index (χ0n) is 17.7. The quantitative estimate of drug-likeness (QED) is 0.487. The summed E-state index contributed by atoms with van der Waals surface area (Å²) in [5.41, 5.74) is 1.18. The van der Waals surface area contributed by atoms with Crippen LogP contribution in [0.15, 0.2) is 29.4 Å². The highest BCUT2D eigenvalue weighted by Gasteiger charge is 2.25. The van der Waals surface area contributed by atoms with Crippen LogP contribution >= 0.6 is 11.8 Å². The Morgan fingerprint density at radius 3 is 2.26 bits per heavy atom. The average molecular weight is 448 g/mol. The Kier molecular flexibility index (Phi) is 7.50. The fourth-order valence-electron chi connectivity index (χ4n) is 3.17. The number of aryl methyl sites for hydroxylation is 1. The number of esters is 1. The van der Waals surface area contributed by atoms with Gasteiger partial charge < -0.3 is 19.3 Å². The predicted molar refractivity (Wildman–Crippen MR) is 113 cm³/mol. The lowest BCUT2D eigenvalue weighted by Gasteiger charge is -2.33. The van der Waals surface area contributed by atoms with E-state index >= 15 is 0 Å². The van der Waals surface area contributed by atoms with E-state index < -0.39 is 5.97 Å². The Hall–Kier alpha value is -3.08. The number of nitrogens with zero attached hydrogens (tertiary/aromatic N) is 5. The summed E-state index contributed by atoms with van der Waals surface area (Å²) in [7, 11) is 0. The number of hydrogen-bond donors (Lipinski definition) is 0. The molecule has 2 heterocycles. The molecule has 11 heteroatoms. The highest BCUT2D eigenvalue weighted by molar-refractivity contribution is 7.98. The van der Waals surface area contributed by atoms with Crippen LogP contribution in [0.2, 0.25) is 0 Å². The molecule has 0 aliphatic carbocycles. The highest BCUT2D eigenvalue weighted by Crippen LogP contribution is 2.20. The van der Waals surface area contributed by atoms with Crippen LogP contribution in [0.4, 0.5) is 4.79 Å². The highest BCUT2D eigenvalue weighted by atomic mass is 32.2. The number of carbonyl (C=O) groups is 3. The maximum absolute atomic E-state index is 12.3. The van der Waals surface area contributed by atoms with Crippen molar-refractivity contribution < 1.29 is 23.9 Å². The fraction of sp³-hybridized carbons (Fsp3) is 0.450. The average Bonchev–Trinajstić information content (AvgIpc) is 3.18. The molecule has 1 saturated heterocycles. The summed E-state index contributed by atoms with van der Waals surface area (Å²) >= 11 is 1.48. The molecule has 2 amide bonds. The molecule has 1 aromatic heterocycles. The van der Waals surface area contributed by atoms with Crippen molar-refractivity contribution in [3.05, 3.63) is 35.7 Å². The minimum Gasteiger partial charge on any atom is -0.452 e. The van der Waals surface area contributed by atoms with Gasteiger partial charge in [-0.05, 0) is 44.4 Å². The number of aromatic nitrogens is 3. The van der Waals surface area contributed by atoms with Crippen molar-refractivity contribution in [1.29, 1.82) is 0 Å². The van der Waals surface area contributed by atoms with E-state index in [0.717, 1.165) is 16.7 Å². The first-order valence-corrected chi connectivity index (χ1v) is 11.1. The summed E-state index contributed by atoms with van der Waals surface area (Å²) in [6, 6.07) is 6.85. The molecule has 1 aromatic carbocycles. The van der Waals surface area contributed by atoms with Crippen molar-refractivity contribution in [2.75, 3.05) is 45.6 Å². The van der Waals surface area contributed by atoms with E-state index in [1.165, 1.54) is 11.8 Å². The van der Waals surface area contributed by atoms with Gasteiger partial charge in [-0.3, -0.25) is 9.36 Å². The minimum atomic E-state index is -0.573. The molecule has 0 N–H and O–H groups in total. The number of thioether (sulfide) groups is 1. The molecular formula is C20H25N5O5S. The lowest BCUT2D eigenvalue weighted by atomic mass is 10.2. The number of carbonyl (C=O) groups excluding carboxylic acids is 3. The van der Waals surface area contributed by atoms with Gasteiger partial charge in [0.15, 0.2) is 11.8 Å². The molecule has 1 aliphatic heterocycles. The van der Waals surface area contributed by atoms with Crippen LogP contribution < -0.4 is 0 Å². The van der Waals surface area contributed by atoms with Crippen molar-refractivity contribution >= 4 is 29.7 Å². The zero-order valence-corrected chi connectivity index (χ0v) is 18.6. The van der Waals surface area contributed by atoms with E-state index in [-0.39, 0.29) is 18.6 Å². The van der Waals surface area contributed by atoms with Gasteiger partial charge in [-0.25, -0.2) is 9.59 Å². The first-order valence-electron chi connectivity index (χ1n) is 9.87. The number of piperazine rings is 1. The molecule has 0 radical (unpaired) electrons. The molecule has 0 spiro atoms. The lowest BCUT2D eigenvalue weighted by molar-refractivity contribution is -0.136. The number of benzene rings is 1. The van der Waals surface area contributed by atoms with Crippen LogP contribution in [0.1, 0.15) is 23.1 Å². The molecule has 1 fully saturated rings. The molecule has 1 aliphatic rings. The van der Waals surface area contributed by atoms with Gasteiger partial charge in [0.1, 0.15) is 5.82 Å². The third kappa shape index (κ3) is 5.35. The molecule has 31 heavy (non-hydrogen) atoms. The minimum absolute atomic E-state index is 0.293.